The maximum absolute atomic E-state index is 6.12. The van der Waals surface area contributed by atoms with Gasteiger partial charge in [0, 0.05) is 11.6 Å². The molecule has 0 fully saturated rings. The normalized spacial score (nSPS) is 12.7. The Balaban J connectivity index is 2.40. The van der Waals surface area contributed by atoms with Crippen LogP contribution < -0.4 is 5.73 Å². The Bertz CT molecular complexity index is 482. The second kappa shape index (κ2) is 4.59. The number of rotatable bonds is 3. The van der Waals surface area contributed by atoms with Crippen molar-refractivity contribution < 1.29 is 0 Å². The van der Waals surface area contributed by atoms with Crippen molar-refractivity contribution in [1.29, 1.82) is 0 Å². The molecule has 1 unspecified atom stereocenters. The molecule has 0 saturated carbocycles. The summed E-state index contributed by atoms with van der Waals surface area (Å²) in [6, 6.07) is 7.55. The van der Waals surface area contributed by atoms with Gasteiger partial charge in [0.2, 0.25) is 0 Å². The lowest BCUT2D eigenvalue weighted by Gasteiger charge is -2.12. The zero-order valence-electron chi connectivity index (χ0n) is 8.84. The molecular weight excluding hydrogens is 226 g/mol. The molecule has 0 amide bonds. The highest BCUT2D eigenvalue weighted by atomic mass is 35.5. The van der Waals surface area contributed by atoms with E-state index in [4.69, 9.17) is 17.3 Å². The fraction of sp³-hybridized carbons (Fsp3) is 0.300. The Morgan fingerprint density at radius 1 is 1.44 bits per heavy atom. The van der Waals surface area contributed by atoms with Crippen LogP contribution in [-0.2, 0) is 7.05 Å². The van der Waals surface area contributed by atoms with Crippen molar-refractivity contribution in [3.05, 3.63) is 40.7 Å². The minimum Gasteiger partial charge on any atom is -0.329 e. The number of hydrogen-bond acceptors (Lipinski definition) is 4. The summed E-state index contributed by atoms with van der Waals surface area (Å²) in [6.45, 7) is 0.398. The SMILES string of the molecule is Cn1nnc(C(CN)c2ccccc2Cl)n1. The molecule has 1 atom stereocenters. The molecule has 84 valence electrons. The highest BCUT2D eigenvalue weighted by Crippen LogP contribution is 2.26. The third-order valence-electron chi connectivity index (χ3n) is 2.35. The topological polar surface area (TPSA) is 69.6 Å². The Morgan fingerprint density at radius 3 is 2.75 bits per heavy atom. The molecule has 2 aromatic rings. The standard InChI is InChI=1S/C10H12ClN5/c1-16-14-10(13-15-16)8(6-12)7-4-2-3-5-9(7)11/h2-5,8H,6,12H2,1H3. The maximum atomic E-state index is 6.12. The summed E-state index contributed by atoms with van der Waals surface area (Å²) in [7, 11) is 1.72. The molecular formula is C10H12ClN5. The average molecular weight is 238 g/mol. The molecule has 1 aromatic heterocycles. The van der Waals surface area contributed by atoms with Crippen molar-refractivity contribution in [2.45, 2.75) is 5.92 Å². The molecule has 16 heavy (non-hydrogen) atoms. The van der Waals surface area contributed by atoms with Crippen LogP contribution >= 0.6 is 11.6 Å². The largest absolute Gasteiger partial charge is 0.329 e. The summed E-state index contributed by atoms with van der Waals surface area (Å²) in [5.74, 6) is 0.487. The number of nitrogens with zero attached hydrogens (tertiary/aromatic N) is 4. The summed E-state index contributed by atoms with van der Waals surface area (Å²) in [6.07, 6.45) is 0. The van der Waals surface area contributed by atoms with E-state index in [1.54, 1.807) is 7.05 Å². The molecule has 0 saturated heterocycles. The second-order valence-corrected chi connectivity index (χ2v) is 3.85. The van der Waals surface area contributed by atoms with Gasteiger partial charge in [-0.05, 0) is 16.8 Å². The van der Waals surface area contributed by atoms with Crippen LogP contribution in [0.4, 0.5) is 0 Å². The lowest BCUT2D eigenvalue weighted by Crippen LogP contribution is -2.16. The summed E-state index contributed by atoms with van der Waals surface area (Å²) in [5.41, 5.74) is 6.67. The Hall–Kier alpha value is -1.46. The third-order valence-corrected chi connectivity index (χ3v) is 2.70. The smallest absolute Gasteiger partial charge is 0.183 e. The van der Waals surface area contributed by atoms with Crippen LogP contribution in [0, 0.1) is 0 Å². The number of benzene rings is 1. The van der Waals surface area contributed by atoms with E-state index < -0.39 is 0 Å². The van der Waals surface area contributed by atoms with Crippen molar-refractivity contribution in [2.24, 2.45) is 12.8 Å². The van der Waals surface area contributed by atoms with Gasteiger partial charge in [0.05, 0.1) is 13.0 Å². The first-order chi connectivity index (χ1) is 7.72. The van der Waals surface area contributed by atoms with Crippen LogP contribution in [0.5, 0.6) is 0 Å². The quantitative estimate of drug-likeness (QED) is 0.863. The fourth-order valence-electron chi connectivity index (χ4n) is 1.57. The number of aromatic nitrogens is 4. The van der Waals surface area contributed by atoms with Crippen LogP contribution in [0.15, 0.2) is 24.3 Å². The van der Waals surface area contributed by atoms with E-state index >= 15 is 0 Å². The van der Waals surface area contributed by atoms with E-state index in [2.05, 4.69) is 15.4 Å². The zero-order valence-corrected chi connectivity index (χ0v) is 9.59. The van der Waals surface area contributed by atoms with E-state index in [0.717, 1.165) is 5.56 Å². The summed E-state index contributed by atoms with van der Waals surface area (Å²) in [4.78, 5) is 1.41. The van der Waals surface area contributed by atoms with E-state index in [0.29, 0.717) is 17.4 Å². The third kappa shape index (κ3) is 2.05. The summed E-state index contributed by atoms with van der Waals surface area (Å²) < 4.78 is 0. The second-order valence-electron chi connectivity index (χ2n) is 3.45. The van der Waals surface area contributed by atoms with E-state index in [1.165, 1.54) is 4.80 Å². The van der Waals surface area contributed by atoms with E-state index in [9.17, 15) is 0 Å². The van der Waals surface area contributed by atoms with Gasteiger partial charge in [0.15, 0.2) is 5.82 Å². The molecule has 2 N–H and O–H groups in total. The first-order valence-corrected chi connectivity index (χ1v) is 5.28. The number of hydrogen-bond donors (Lipinski definition) is 1. The van der Waals surface area contributed by atoms with E-state index in [1.807, 2.05) is 24.3 Å². The predicted octanol–water partition coefficient (Wildman–Crippen LogP) is 0.954. The number of halogens is 1. The number of nitrogens with two attached hydrogens (primary N) is 1. The first kappa shape index (κ1) is 11.0. The zero-order chi connectivity index (χ0) is 11.5. The Kier molecular flexibility index (Phi) is 3.17. The lowest BCUT2D eigenvalue weighted by molar-refractivity contribution is 0.624. The van der Waals surface area contributed by atoms with Crippen molar-refractivity contribution >= 4 is 11.6 Å². The average Bonchev–Trinajstić information content (AvgIpc) is 2.69. The fourth-order valence-corrected chi connectivity index (χ4v) is 1.83. The highest BCUT2D eigenvalue weighted by molar-refractivity contribution is 6.31. The van der Waals surface area contributed by atoms with Gasteiger partial charge >= 0.3 is 0 Å². The molecule has 5 nitrogen and oxygen atoms in total. The van der Waals surface area contributed by atoms with Gasteiger partial charge in [0.1, 0.15) is 0 Å². The molecule has 0 radical (unpaired) electrons. The molecule has 1 aromatic carbocycles. The van der Waals surface area contributed by atoms with Gasteiger partial charge in [-0.1, -0.05) is 29.8 Å². The van der Waals surface area contributed by atoms with Gasteiger partial charge in [0.25, 0.3) is 0 Å². The molecule has 0 spiro atoms. The van der Waals surface area contributed by atoms with E-state index in [-0.39, 0.29) is 5.92 Å². The molecule has 0 bridgehead atoms. The van der Waals surface area contributed by atoms with Crippen molar-refractivity contribution in [3.8, 4) is 0 Å². The Labute approximate surface area is 98.2 Å². The molecule has 0 aliphatic carbocycles. The van der Waals surface area contributed by atoms with Gasteiger partial charge < -0.3 is 5.73 Å². The van der Waals surface area contributed by atoms with Gasteiger partial charge in [-0.15, -0.1) is 10.2 Å². The molecule has 6 heteroatoms. The van der Waals surface area contributed by atoms with Gasteiger partial charge in [-0.3, -0.25) is 0 Å². The van der Waals surface area contributed by atoms with Crippen LogP contribution in [0.3, 0.4) is 0 Å². The highest BCUT2D eigenvalue weighted by Gasteiger charge is 2.19. The van der Waals surface area contributed by atoms with Gasteiger partial charge in [-0.2, -0.15) is 4.80 Å². The summed E-state index contributed by atoms with van der Waals surface area (Å²) >= 11 is 6.12. The number of tetrazole rings is 1. The van der Waals surface area contributed by atoms with Crippen molar-refractivity contribution in [2.75, 3.05) is 6.54 Å². The minimum absolute atomic E-state index is 0.109. The van der Waals surface area contributed by atoms with Crippen LogP contribution in [0.25, 0.3) is 0 Å². The maximum Gasteiger partial charge on any atom is 0.183 e. The molecule has 2 rings (SSSR count). The van der Waals surface area contributed by atoms with Crippen LogP contribution in [-0.4, -0.2) is 26.8 Å². The minimum atomic E-state index is -0.109. The van der Waals surface area contributed by atoms with Crippen molar-refractivity contribution in [3.63, 3.8) is 0 Å². The first-order valence-electron chi connectivity index (χ1n) is 4.90. The van der Waals surface area contributed by atoms with Gasteiger partial charge in [-0.25, -0.2) is 0 Å². The van der Waals surface area contributed by atoms with Crippen LogP contribution in [0.2, 0.25) is 5.02 Å². The molecule has 0 aliphatic heterocycles. The Morgan fingerprint density at radius 2 is 2.19 bits per heavy atom. The predicted molar refractivity (Wildman–Crippen MR) is 61.1 cm³/mol. The van der Waals surface area contributed by atoms with Crippen LogP contribution in [0.1, 0.15) is 17.3 Å². The monoisotopic (exact) mass is 237 g/mol. The van der Waals surface area contributed by atoms with Crippen molar-refractivity contribution in [1.82, 2.24) is 20.2 Å². The molecule has 1 heterocycles. The lowest BCUT2D eigenvalue weighted by atomic mass is 9.99. The molecule has 0 aliphatic rings. The number of aryl methyl sites for hydroxylation is 1. The summed E-state index contributed by atoms with van der Waals surface area (Å²) in [5, 5.41) is 12.6.